The second-order valence-electron chi connectivity index (χ2n) is 1.60. The molecule has 1 aliphatic rings. The summed E-state index contributed by atoms with van der Waals surface area (Å²) in [4.78, 5) is 20.4. The topological polar surface area (TPSA) is 69.4 Å². The summed E-state index contributed by atoms with van der Waals surface area (Å²) in [5, 5.41) is 0. The maximum absolute atomic E-state index is 10.2. The highest BCUT2D eigenvalue weighted by Crippen LogP contribution is 2.03. The van der Waals surface area contributed by atoms with Gasteiger partial charge in [0.2, 0.25) is 0 Å². The van der Waals surface area contributed by atoms with Gasteiger partial charge in [-0.05, 0) is 0 Å². The third-order valence-corrected chi connectivity index (χ3v) is 0.904. The number of cyclic esters (lactones) is 2. The minimum atomic E-state index is -0.720. The molecule has 1 aliphatic heterocycles. The van der Waals surface area contributed by atoms with Gasteiger partial charge in [0.25, 0.3) is 0 Å². The van der Waals surface area contributed by atoms with E-state index in [1.165, 1.54) is 0 Å². The van der Waals surface area contributed by atoms with E-state index in [1.54, 1.807) is 0 Å². The molecule has 0 aliphatic carbocycles. The predicted molar refractivity (Wildman–Crippen MR) is 30.9 cm³/mol. The summed E-state index contributed by atoms with van der Waals surface area (Å²) in [6.45, 7) is 0. The lowest BCUT2D eigenvalue weighted by atomic mass is 10.3. The van der Waals surface area contributed by atoms with Gasteiger partial charge in [-0.25, -0.2) is 4.79 Å². The first-order valence-electron chi connectivity index (χ1n) is 2.20. The molecule has 0 amide bonds. The highest BCUT2D eigenvalue weighted by molar-refractivity contribution is 5.96. The van der Waals surface area contributed by atoms with E-state index >= 15 is 0 Å². The number of hydrogen-bond donors (Lipinski definition) is 1. The molecule has 0 aromatic rings. The van der Waals surface area contributed by atoms with Gasteiger partial charge in [0.05, 0.1) is 6.42 Å². The van der Waals surface area contributed by atoms with E-state index in [0.717, 1.165) is 0 Å². The summed E-state index contributed by atoms with van der Waals surface area (Å²) in [6, 6.07) is -0.720. The molecule has 52 valence electrons. The molecule has 0 aromatic heterocycles. The molecule has 1 fully saturated rings. The summed E-state index contributed by atoms with van der Waals surface area (Å²) in [7, 11) is 0. The van der Waals surface area contributed by atoms with Crippen molar-refractivity contribution in [2.45, 2.75) is 12.5 Å². The van der Waals surface area contributed by atoms with E-state index in [1.807, 2.05) is 0 Å². The van der Waals surface area contributed by atoms with Gasteiger partial charge in [0, 0.05) is 0 Å². The molecule has 0 radical (unpaired) electrons. The van der Waals surface area contributed by atoms with Crippen LogP contribution in [-0.4, -0.2) is 18.0 Å². The summed E-state index contributed by atoms with van der Waals surface area (Å²) in [5.74, 6) is -1.14. The van der Waals surface area contributed by atoms with E-state index in [-0.39, 0.29) is 18.8 Å². The summed E-state index contributed by atoms with van der Waals surface area (Å²) in [5.41, 5.74) is 5.07. The van der Waals surface area contributed by atoms with Crippen LogP contribution < -0.4 is 5.73 Å². The molecule has 1 atom stereocenters. The average Bonchev–Trinajstić information content (AvgIpc) is 1.85. The zero-order valence-electron chi connectivity index (χ0n) is 4.49. The van der Waals surface area contributed by atoms with Crippen LogP contribution in [0.15, 0.2) is 0 Å². The van der Waals surface area contributed by atoms with Crippen LogP contribution in [0.4, 0.5) is 0 Å². The Morgan fingerprint density at radius 1 is 1.56 bits per heavy atom. The number of esters is 2. The first-order valence-corrected chi connectivity index (χ1v) is 2.20. The normalized spacial score (nSPS) is 25.2. The van der Waals surface area contributed by atoms with E-state index in [2.05, 4.69) is 4.74 Å². The molecule has 5 heteroatoms. The lowest BCUT2D eigenvalue weighted by Crippen LogP contribution is -2.24. The smallest absolute Gasteiger partial charge is 0.331 e. The van der Waals surface area contributed by atoms with Gasteiger partial charge in [0.1, 0.15) is 6.04 Å². The van der Waals surface area contributed by atoms with Gasteiger partial charge in [-0.3, -0.25) is 4.79 Å². The molecule has 4 nitrogen and oxygen atoms in total. The van der Waals surface area contributed by atoms with Crippen molar-refractivity contribution in [3.63, 3.8) is 0 Å². The van der Waals surface area contributed by atoms with Gasteiger partial charge in [-0.15, -0.1) is 12.4 Å². The minimum absolute atomic E-state index is 0. The van der Waals surface area contributed by atoms with Gasteiger partial charge < -0.3 is 10.5 Å². The predicted octanol–water partition coefficient (Wildman–Crippen LogP) is -0.791. The highest BCUT2D eigenvalue weighted by atomic mass is 35.5. The second kappa shape index (κ2) is 2.80. The van der Waals surface area contributed by atoms with Gasteiger partial charge >= 0.3 is 11.9 Å². The number of hydrogen-bond acceptors (Lipinski definition) is 4. The molecule has 0 bridgehead atoms. The number of ether oxygens (including phenoxy) is 1. The SMILES string of the molecule is Cl.N[C@@H]1CC(=O)OC1=O. The molecule has 9 heavy (non-hydrogen) atoms. The maximum Gasteiger partial charge on any atom is 0.331 e. The van der Waals surface area contributed by atoms with Crippen molar-refractivity contribution in [3.8, 4) is 0 Å². The Hall–Kier alpha value is -0.610. The van der Waals surface area contributed by atoms with Crippen molar-refractivity contribution in [1.29, 1.82) is 0 Å². The Labute approximate surface area is 57.8 Å². The molecule has 0 saturated carbocycles. The quantitative estimate of drug-likeness (QED) is 0.364. The van der Waals surface area contributed by atoms with Gasteiger partial charge in [-0.2, -0.15) is 0 Å². The van der Waals surface area contributed by atoms with E-state index in [4.69, 9.17) is 5.73 Å². The van der Waals surface area contributed by atoms with Gasteiger partial charge in [0.15, 0.2) is 0 Å². The summed E-state index contributed by atoms with van der Waals surface area (Å²) >= 11 is 0. The molecule has 2 N–H and O–H groups in total. The average molecular weight is 152 g/mol. The molecule has 0 spiro atoms. The van der Waals surface area contributed by atoms with E-state index in [9.17, 15) is 9.59 Å². The molecule has 1 saturated heterocycles. The number of carbonyl (C=O) groups excluding carboxylic acids is 2. The lowest BCUT2D eigenvalue weighted by molar-refractivity contribution is -0.152. The van der Waals surface area contributed by atoms with Crippen LogP contribution in [0.5, 0.6) is 0 Å². The monoisotopic (exact) mass is 151 g/mol. The molecular weight excluding hydrogens is 146 g/mol. The van der Waals surface area contributed by atoms with Gasteiger partial charge in [-0.1, -0.05) is 0 Å². The zero-order valence-corrected chi connectivity index (χ0v) is 5.31. The first kappa shape index (κ1) is 8.39. The number of carbonyl (C=O) groups is 2. The van der Waals surface area contributed by atoms with Crippen LogP contribution >= 0.6 is 12.4 Å². The fourth-order valence-corrected chi connectivity index (χ4v) is 0.492. The molecule has 1 heterocycles. The number of halogens is 1. The second-order valence-corrected chi connectivity index (χ2v) is 1.60. The number of rotatable bonds is 0. The molecule has 0 aromatic carbocycles. The Morgan fingerprint density at radius 3 is 2.22 bits per heavy atom. The number of nitrogens with two attached hydrogens (primary N) is 1. The zero-order chi connectivity index (χ0) is 6.15. The van der Waals surface area contributed by atoms with E-state index in [0.29, 0.717) is 0 Å². The van der Waals surface area contributed by atoms with Crippen LogP contribution in [-0.2, 0) is 14.3 Å². The highest BCUT2D eigenvalue weighted by Gasteiger charge is 2.29. The summed E-state index contributed by atoms with van der Waals surface area (Å²) < 4.78 is 4.07. The fraction of sp³-hybridized carbons (Fsp3) is 0.500. The van der Waals surface area contributed by atoms with E-state index < -0.39 is 18.0 Å². The fourth-order valence-electron chi connectivity index (χ4n) is 0.492. The first-order chi connectivity index (χ1) is 3.70. The largest absolute Gasteiger partial charge is 0.392 e. The van der Waals surface area contributed by atoms with Crippen molar-refractivity contribution < 1.29 is 14.3 Å². The van der Waals surface area contributed by atoms with Crippen LogP contribution in [0.3, 0.4) is 0 Å². The van der Waals surface area contributed by atoms with Crippen molar-refractivity contribution in [2.75, 3.05) is 0 Å². The van der Waals surface area contributed by atoms with Crippen molar-refractivity contribution >= 4 is 24.3 Å². The lowest BCUT2D eigenvalue weighted by Gasteiger charge is -1.87. The van der Waals surface area contributed by atoms with Crippen LogP contribution in [0.1, 0.15) is 6.42 Å². The standard InChI is InChI=1S/C4H5NO3.ClH/c5-2-1-3(6)8-4(2)7;/h2H,1,5H2;1H/t2-;/m1./s1. The molecule has 0 unspecified atom stereocenters. The van der Waals surface area contributed by atoms with Crippen molar-refractivity contribution in [2.24, 2.45) is 5.73 Å². The van der Waals surface area contributed by atoms with Crippen LogP contribution in [0.25, 0.3) is 0 Å². The van der Waals surface area contributed by atoms with Crippen LogP contribution in [0.2, 0.25) is 0 Å². The Kier molecular flexibility index (Phi) is 2.61. The van der Waals surface area contributed by atoms with Crippen molar-refractivity contribution in [1.82, 2.24) is 0 Å². The maximum atomic E-state index is 10.2. The van der Waals surface area contributed by atoms with Crippen LogP contribution in [0, 0.1) is 0 Å². The molecule has 1 rings (SSSR count). The van der Waals surface area contributed by atoms with Crippen molar-refractivity contribution in [3.05, 3.63) is 0 Å². The Balaban J connectivity index is 0.000000640. The molecular formula is C4H6ClNO3. The Morgan fingerprint density at radius 2 is 2.11 bits per heavy atom. The summed E-state index contributed by atoms with van der Waals surface area (Å²) in [6.07, 6.45) is 0.0266. The Bertz CT molecular complexity index is 147. The third kappa shape index (κ3) is 1.65. The third-order valence-electron chi connectivity index (χ3n) is 0.904. The minimum Gasteiger partial charge on any atom is -0.392 e.